The predicted molar refractivity (Wildman–Crippen MR) is 136 cm³/mol. The number of carbonyl (C=O) groups is 1. The number of hydrogen-bond acceptors (Lipinski definition) is 5. The molecule has 1 amide bonds. The number of para-hydroxylation sites is 1. The Balaban J connectivity index is 1.61. The van der Waals surface area contributed by atoms with Gasteiger partial charge in [0.2, 0.25) is 0 Å². The molecule has 1 aromatic carbocycles. The molecule has 1 N–H and O–H groups in total. The van der Waals surface area contributed by atoms with Crippen LogP contribution in [0.5, 0.6) is 0 Å². The molecule has 0 atom stereocenters. The molecule has 0 radical (unpaired) electrons. The van der Waals surface area contributed by atoms with Gasteiger partial charge in [-0.25, -0.2) is 14.3 Å². The smallest absolute Gasteiger partial charge is 0.256 e. The summed E-state index contributed by atoms with van der Waals surface area (Å²) in [4.78, 5) is 18.6. The number of furan rings is 1. The topological polar surface area (TPSA) is 90.8 Å². The van der Waals surface area contributed by atoms with E-state index in [2.05, 4.69) is 15.5 Å². The average molecular weight is 469 g/mol. The molecule has 0 aliphatic rings. The van der Waals surface area contributed by atoms with Crippen LogP contribution in [0.1, 0.15) is 53.2 Å². The molecule has 5 rings (SSSR count). The van der Waals surface area contributed by atoms with E-state index in [0.717, 1.165) is 34.2 Å². The Morgan fingerprint density at radius 1 is 1.06 bits per heavy atom. The molecule has 0 fully saturated rings. The van der Waals surface area contributed by atoms with E-state index in [1.54, 1.807) is 6.20 Å². The van der Waals surface area contributed by atoms with Crippen molar-refractivity contribution >= 4 is 22.6 Å². The number of anilines is 1. The Bertz CT molecular complexity index is 1560. The summed E-state index contributed by atoms with van der Waals surface area (Å²) < 4.78 is 9.41. The Morgan fingerprint density at radius 3 is 2.46 bits per heavy atom. The molecule has 0 spiro atoms. The molecule has 0 saturated heterocycles. The first-order valence-electron chi connectivity index (χ1n) is 11.6. The van der Waals surface area contributed by atoms with Crippen molar-refractivity contribution < 1.29 is 9.21 Å². The van der Waals surface area contributed by atoms with Gasteiger partial charge in [-0.2, -0.15) is 10.2 Å². The lowest BCUT2D eigenvalue weighted by atomic mass is 10.1. The van der Waals surface area contributed by atoms with Crippen molar-refractivity contribution in [2.75, 3.05) is 5.32 Å². The molecule has 0 bridgehead atoms. The van der Waals surface area contributed by atoms with Crippen LogP contribution in [0.3, 0.4) is 0 Å². The predicted octanol–water partition coefficient (Wildman–Crippen LogP) is 5.94. The molecule has 8 nitrogen and oxygen atoms in total. The normalized spacial score (nSPS) is 11.5. The van der Waals surface area contributed by atoms with E-state index < -0.39 is 0 Å². The molecule has 178 valence electrons. The summed E-state index contributed by atoms with van der Waals surface area (Å²) in [7, 11) is 0. The lowest BCUT2D eigenvalue weighted by molar-refractivity contribution is 0.102. The third kappa shape index (κ3) is 3.90. The number of aromatic nitrogens is 5. The lowest BCUT2D eigenvalue weighted by Gasteiger charge is -2.11. The van der Waals surface area contributed by atoms with Gasteiger partial charge < -0.3 is 9.73 Å². The maximum absolute atomic E-state index is 13.7. The second-order valence-corrected chi connectivity index (χ2v) is 9.05. The zero-order chi connectivity index (χ0) is 24.9. The number of aryl methyl sites for hydroxylation is 3. The summed E-state index contributed by atoms with van der Waals surface area (Å²) in [6.07, 6.45) is 1.71. The number of benzene rings is 1. The van der Waals surface area contributed by atoms with Crippen molar-refractivity contribution in [1.82, 2.24) is 24.5 Å². The molecule has 4 heterocycles. The van der Waals surface area contributed by atoms with Gasteiger partial charge in [-0.1, -0.05) is 18.2 Å². The van der Waals surface area contributed by atoms with Crippen molar-refractivity contribution in [3.05, 3.63) is 77.1 Å². The molecule has 8 heteroatoms. The zero-order valence-electron chi connectivity index (χ0n) is 20.7. The van der Waals surface area contributed by atoms with Gasteiger partial charge in [0.15, 0.2) is 5.65 Å². The van der Waals surface area contributed by atoms with Crippen molar-refractivity contribution in [2.24, 2.45) is 0 Å². The second-order valence-electron chi connectivity index (χ2n) is 9.05. The second kappa shape index (κ2) is 8.54. The van der Waals surface area contributed by atoms with Crippen molar-refractivity contribution in [3.8, 4) is 16.9 Å². The Hall–Kier alpha value is -4.20. The largest absolute Gasteiger partial charge is 0.466 e. The highest BCUT2D eigenvalue weighted by Crippen LogP contribution is 2.31. The highest BCUT2D eigenvalue weighted by atomic mass is 16.3. The van der Waals surface area contributed by atoms with Gasteiger partial charge in [0, 0.05) is 11.6 Å². The number of fused-ring (bicyclic) bond motifs is 1. The van der Waals surface area contributed by atoms with Crippen LogP contribution in [0.25, 0.3) is 28.0 Å². The van der Waals surface area contributed by atoms with E-state index in [0.29, 0.717) is 28.0 Å². The number of nitrogens with zero attached hydrogens (tertiary/aromatic N) is 5. The average Bonchev–Trinajstić information content (AvgIpc) is 3.49. The fraction of sp³-hybridized carbons (Fsp3) is 0.259. The molecule has 0 aliphatic heterocycles. The molecule has 5 aromatic rings. The van der Waals surface area contributed by atoms with E-state index in [1.165, 1.54) is 0 Å². The fourth-order valence-corrected chi connectivity index (χ4v) is 4.43. The molecular weight excluding hydrogens is 440 g/mol. The van der Waals surface area contributed by atoms with Crippen molar-refractivity contribution in [1.29, 1.82) is 0 Å². The molecule has 0 aliphatic carbocycles. The van der Waals surface area contributed by atoms with Crippen LogP contribution in [0.4, 0.5) is 5.69 Å². The first-order chi connectivity index (χ1) is 16.7. The van der Waals surface area contributed by atoms with Gasteiger partial charge >= 0.3 is 0 Å². The molecule has 0 unspecified atom stereocenters. The van der Waals surface area contributed by atoms with E-state index >= 15 is 0 Å². The molecule has 35 heavy (non-hydrogen) atoms. The summed E-state index contributed by atoms with van der Waals surface area (Å²) in [6, 6.07) is 13.7. The third-order valence-corrected chi connectivity index (χ3v) is 6.15. The minimum atomic E-state index is -0.237. The highest BCUT2D eigenvalue weighted by molar-refractivity contribution is 6.13. The number of nitrogens with one attached hydrogen (secondary N) is 1. The van der Waals surface area contributed by atoms with Gasteiger partial charge in [-0.15, -0.1) is 0 Å². The summed E-state index contributed by atoms with van der Waals surface area (Å²) in [5, 5.41) is 13.0. The maximum atomic E-state index is 13.7. The fourth-order valence-electron chi connectivity index (χ4n) is 4.43. The number of hydrogen-bond donors (Lipinski definition) is 1. The first-order valence-corrected chi connectivity index (χ1v) is 11.6. The summed E-state index contributed by atoms with van der Waals surface area (Å²) in [5.41, 5.74) is 5.92. The van der Waals surface area contributed by atoms with E-state index in [1.807, 2.05) is 93.4 Å². The van der Waals surface area contributed by atoms with Crippen LogP contribution in [-0.4, -0.2) is 30.5 Å². The van der Waals surface area contributed by atoms with E-state index in [-0.39, 0.29) is 11.9 Å². The highest BCUT2D eigenvalue weighted by Gasteiger charge is 2.22. The molecule has 0 saturated carbocycles. The van der Waals surface area contributed by atoms with Crippen LogP contribution in [0.15, 0.2) is 53.1 Å². The van der Waals surface area contributed by atoms with Crippen LogP contribution in [0.2, 0.25) is 0 Å². The third-order valence-electron chi connectivity index (χ3n) is 6.15. The van der Waals surface area contributed by atoms with Crippen molar-refractivity contribution in [3.63, 3.8) is 0 Å². The van der Waals surface area contributed by atoms with Crippen LogP contribution in [0, 0.1) is 27.7 Å². The van der Waals surface area contributed by atoms with E-state index in [9.17, 15) is 4.79 Å². The summed E-state index contributed by atoms with van der Waals surface area (Å²) in [5.74, 6) is 1.31. The number of amides is 1. The minimum Gasteiger partial charge on any atom is -0.466 e. The Morgan fingerprint density at radius 2 is 1.80 bits per heavy atom. The van der Waals surface area contributed by atoms with Gasteiger partial charge in [0.05, 0.1) is 45.6 Å². The van der Waals surface area contributed by atoms with E-state index in [4.69, 9.17) is 9.40 Å². The summed E-state index contributed by atoms with van der Waals surface area (Å²) >= 11 is 0. The molecular formula is C27H28N6O2. The minimum absolute atomic E-state index is 0.0898. The maximum Gasteiger partial charge on any atom is 0.256 e. The quantitative estimate of drug-likeness (QED) is 0.344. The lowest BCUT2D eigenvalue weighted by Crippen LogP contribution is -2.14. The van der Waals surface area contributed by atoms with Gasteiger partial charge in [0.25, 0.3) is 5.91 Å². The SMILES string of the molecule is Cc1cc(-c2cc(C(=O)Nc3c(C)nn(-c4ccccc4)c3C)c3cnn(C(C)C)c3n2)c(C)o1. The number of pyridine rings is 1. The van der Waals surface area contributed by atoms with Gasteiger partial charge in [0.1, 0.15) is 11.5 Å². The van der Waals surface area contributed by atoms with Crippen LogP contribution >= 0.6 is 0 Å². The zero-order valence-corrected chi connectivity index (χ0v) is 20.7. The Kier molecular flexibility index (Phi) is 5.51. The monoisotopic (exact) mass is 468 g/mol. The molecule has 4 aromatic heterocycles. The number of rotatable bonds is 5. The van der Waals surface area contributed by atoms with Crippen molar-refractivity contribution in [2.45, 2.75) is 47.6 Å². The van der Waals surface area contributed by atoms with Crippen LogP contribution in [-0.2, 0) is 0 Å². The summed E-state index contributed by atoms with van der Waals surface area (Å²) in [6.45, 7) is 11.7. The van der Waals surface area contributed by atoms with Crippen LogP contribution < -0.4 is 5.32 Å². The number of carbonyl (C=O) groups excluding carboxylic acids is 1. The van der Waals surface area contributed by atoms with Gasteiger partial charge in [-0.05, 0) is 65.8 Å². The standard InChI is InChI=1S/C27H28N6O2/c1-15(2)32-26-23(14-28-32)22(13-24(29-26)21-12-16(3)35-19(21)6)27(34)30-25-17(4)31-33(18(25)5)20-10-8-7-9-11-20/h7-15H,1-6H3,(H,30,34). The Labute approximate surface area is 203 Å². The first kappa shape index (κ1) is 22.6. The van der Waals surface area contributed by atoms with Gasteiger partial charge in [-0.3, -0.25) is 4.79 Å².